The van der Waals surface area contributed by atoms with Crippen LogP contribution in [0.4, 0.5) is 9.59 Å². The molecule has 184 valence electrons. The van der Waals surface area contributed by atoms with Crippen LogP contribution in [0.25, 0.3) is 0 Å². The average Bonchev–Trinajstić information content (AvgIpc) is 2.84. The number of carbonyl (C=O) groups is 4. The molecule has 0 aliphatic rings. The number of benzene rings is 1. The van der Waals surface area contributed by atoms with Crippen molar-refractivity contribution in [3.8, 4) is 0 Å². The monoisotopic (exact) mass is 467 g/mol. The Morgan fingerprint density at radius 1 is 0.970 bits per heavy atom. The van der Waals surface area contributed by atoms with Gasteiger partial charge in [0, 0.05) is 6.54 Å². The normalized spacial score (nSPS) is 13.1. The number of hydroxylamine groups is 2. The van der Waals surface area contributed by atoms with Gasteiger partial charge in [0.15, 0.2) is 0 Å². The second-order valence-electron chi connectivity index (χ2n) is 7.47. The van der Waals surface area contributed by atoms with Crippen LogP contribution in [0.2, 0.25) is 0 Å². The van der Waals surface area contributed by atoms with Gasteiger partial charge >= 0.3 is 12.1 Å². The van der Waals surface area contributed by atoms with E-state index >= 15 is 0 Å². The molecule has 3 atom stereocenters. The van der Waals surface area contributed by atoms with Gasteiger partial charge < -0.3 is 20.7 Å². The van der Waals surface area contributed by atoms with Gasteiger partial charge in [0.25, 0.3) is 11.8 Å². The topological polar surface area (TPSA) is 178 Å². The van der Waals surface area contributed by atoms with Gasteiger partial charge in [-0.15, -0.1) is 0 Å². The summed E-state index contributed by atoms with van der Waals surface area (Å²) < 4.78 is 5.10. The van der Waals surface area contributed by atoms with Crippen molar-refractivity contribution in [2.24, 2.45) is 5.92 Å². The molecular weight excluding hydrogens is 434 g/mol. The van der Waals surface area contributed by atoms with Gasteiger partial charge in [-0.2, -0.15) is 0 Å². The molecule has 0 aliphatic heterocycles. The smallest absolute Gasteiger partial charge is 0.407 e. The number of alkyl carbamates (subject to hydrolysis) is 1. The highest BCUT2D eigenvalue weighted by atomic mass is 16.5. The van der Waals surface area contributed by atoms with Gasteiger partial charge in [0.05, 0.1) is 0 Å². The minimum atomic E-state index is -1.07. The third-order valence-electron chi connectivity index (χ3n) is 5.03. The Balaban J connectivity index is 2.42. The van der Waals surface area contributed by atoms with Gasteiger partial charge in [-0.25, -0.2) is 20.5 Å². The van der Waals surface area contributed by atoms with E-state index in [0.29, 0.717) is 25.8 Å². The summed E-state index contributed by atoms with van der Waals surface area (Å²) in [6, 6.07) is 6.33. The number of nitrogens with one attached hydrogen (secondary N) is 5. The van der Waals surface area contributed by atoms with E-state index in [2.05, 4.69) is 16.0 Å². The third kappa shape index (κ3) is 10.7. The Morgan fingerprint density at radius 3 is 2.24 bits per heavy atom. The van der Waals surface area contributed by atoms with E-state index in [1.807, 2.05) is 37.3 Å². The molecule has 1 rings (SSSR count). The van der Waals surface area contributed by atoms with E-state index < -0.39 is 36.0 Å². The molecular formula is C21H33N5O7. The van der Waals surface area contributed by atoms with Crippen LogP contribution < -0.4 is 26.9 Å². The van der Waals surface area contributed by atoms with Crippen molar-refractivity contribution in [3.05, 3.63) is 35.9 Å². The minimum absolute atomic E-state index is 0.149. The van der Waals surface area contributed by atoms with Gasteiger partial charge in [0.1, 0.15) is 18.7 Å². The standard InChI is InChI=1S/C21H33N5O7/c1-3-14(2)17(19(28)26-32)24-20(29)23-16(18(27)25-31)11-7-8-12-22-21(30)33-13-15-9-5-4-6-10-15/h4-6,9-10,14,16-17,31-32H,3,7-8,11-13H2,1-2H3,(H,22,30)(H,25,27)(H,26,28)(H2,23,24,29)/t14-,16+,17+/m1/s1. The Labute approximate surface area is 192 Å². The lowest BCUT2D eigenvalue weighted by Crippen LogP contribution is -2.56. The number of rotatable bonds is 13. The molecule has 0 unspecified atom stereocenters. The van der Waals surface area contributed by atoms with Crippen molar-refractivity contribution < 1.29 is 34.3 Å². The maximum absolute atomic E-state index is 12.3. The molecule has 0 radical (unpaired) electrons. The molecule has 0 saturated heterocycles. The first-order valence-corrected chi connectivity index (χ1v) is 10.7. The van der Waals surface area contributed by atoms with Crippen molar-refractivity contribution in [2.75, 3.05) is 6.54 Å². The minimum Gasteiger partial charge on any atom is -0.445 e. The van der Waals surface area contributed by atoms with Crippen molar-refractivity contribution in [2.45, 2.75) is 58.2 Å². The van der Waals surface area contributed by atoms with E-state index in [0.717, 1.165) is 5.56 Å². The van der Waals surface area contributed by atoms with Crippen LogP contribution in [0.15, 0.2) is 30.3 Å². The van der Waals surface area contributed by atoms with E-state index in [1.54, 1.807) is 6.92 Å². The highest BCUT2D eigenvalue weighted by Gasteiger charge is 2.27. The number of amides is 5. The lowest BCUT2D eigenvalue weighted by atomic mass is 9.99. The SMILES string of the molecule is CC[C@@H](C)[C@H](NC(=O)N[C@@H](CCCCNC(=O)OCc1ccccc1)C(=O)NO)C(=O)NO. The van der Waals surface area contributed by atoms with Crippen LogP contribution >= 0.6 is 0 Å². The summed E-state index contributed by atoms with van der Waals surface area (Å²) in [4.78, 5) is 47.7. The second-order valence-corrected chi connectivity index (χ2v) is 7.47. The molecule has 12 heteroatoms. The van der Waals surface area contributed by atoms with Gasteiger partial charge in [-0.05, 0) is 30.7 Å². The average molecular weight is 468 g/mol. The largest absolute Gasteiger partial charge is 0.445 e. The van der Waals surface area contributed by atoms with Crippen LogP contribution in [0.1, 0.15) is 45.1 Å². The lowest BCUT2D eigenvalue weighted by molar-refractivity contribution is -0.132. The summed E-state index contributed by atoms with van der Waals surface area (Å²) in [6.45, 7) is 3.97. The first kappa shape index (κ1) is 27.7. The Kier molecular flexibility index (Phi) is 12.9. The summed E-state index contributed by atoms with van der Waals surface area (Å²) in [5.41, 5.74) is 3.86. The summed E-state index contributed by atoms with van der Waals surface area (Å²) in [7, 11) is 0. The fraction of sp³-hybridized carbons (Fsp3) is 0.524. The zero-order valence-electron chi connectivity index (χ0n) is 18.8. The molecule has 0 fully saturated rings. The molecule has 5 amide bonds. The third-order valence-corrected chi connectivity index (χ3v) is 5.03. The molecule has 1 aromatic carbocycles. The van der Waals surface area contributed by atoms with Gasteiger partial charge in [-0.3, -0.25) is 20.0 Å². The molecule has 0 heterocycles. The molecule has 33 heavy (non-hydrogen) atoms. The van der Waals surface area contributed by atoms with Crippen molar-refractivity contribution in [1.82, 2.24) is 26.9 Å². The molecule has 0 saturated carbocycles. The van der Waals surface area contributed by atoms with Gasteiger partial charge in [0.2, 0.25) is 0 Å². The van der Waals surface area contributed by atoms with Crippen molar-refractivity contribution in [3.63, 3.8) is 0 Å². The lowest BCUT2D eigenvalue weighted by Gasteiger charge is -2.24. The summed E-state index contributed by atoms with van der Waals surface area (Å²) in [5, 5.41) is 25.2. The number of carbonyl (C=O) groups excluding carboxylic acids is 4. The van der Waals surface area contributed by atoms with Crippen LogP contribution in [0.3, 0.4) is 0 Å². The number of hydrogen-bond acceptors (Lipinski definition) is 7. The van der Waals surface area contributed by atoms with E-state index in [-0.39, 0.29) is 18.9 Å². The maximum atomic E-state index is 12.3. The van der Waals surface area contributed by atoms with E-state index in [4.69, 9.17) is 15.2 Å². The number of ether oxygens (including phenoxy) is 1. The summed E-state index contributed by atoms with van der Waals surface area (Å²) >= 11 is 0. The first-order chi connectivity index (χ1) is 15.8. The van der Waals surface area contributed by atoms with E-state index in [9.17, 15) is 19.2 Å². The molecule has 1 aromatic rings. The highest BCUT2D eigenvalue weighted by Crippen LogP contribution is 2.08. The molecule has 0 spiro atoms. The number of hydrogen-bond donors (Lipinski definition) is 7. The van der Waals surface area contributed by atoms with Crippen LogP contribution in [-0.2, 0) is 20.9 Å². The predicted octanol–water partition coefficient (Wildman–Crippen LogP) is 1.18. The molecule has 0 bridgehead atoms. The van der Waals surface area contributed by atoms with E-state index in [1.165, 1.54) is 11.0 Å². The molecule has 7 N–H and O–H groups in total. The van der Waals surface area contributed by atoms with Crippen molar-refractivity contribution in [1.29, 1.82) is 0 Å². The Morgan fingerprint density at radius 2 is 1.64 bits per heavy atom. The predicted molar refractivity (Wildman–Crippen MR) is 117 cm³/mol. The summed E-state index contributed by atoms with van der Waals surface area (Å²) in [5.74, 6) is -1.89. The second kappa shape index (κ2) is 15.4. The van der Waals surface area contributed by atoms with Crippen LogP contribution in [0, 0.1) is 5.92 Å². The highest BCUT2D eigenvalue weighted by molar-refractivity contribution is 5.89. The fourth-order valence-corrected chi connectivity index (χ4v) is 2.90. The molecule has 0 aromatic heterocycles. The zero-order valence-corrected chi connectivity index (χ0v) is 18.8. The van der Waals surface area contributed by atoms with Gasteiger partial charge in [-0.1, -0.05) is 50.6 Å². The quantitative estimate of drug-likeness (QED) is 0.129. The fourth-order valence-electron chi connectivity index (χ4n) is 2.90. The molecule has 0 aliphatic carbocycles. The Bertz CT molecular complexity index is 763. The maximum Gasteiger partial charge on any atom is 0.407 e. The number of urea groups is 1. The number of unbranched alkanes of at least 4 members (excludes halogenated alkanes) is 1. The summed E-state index contributed by atoms with van der Waals surface area (Å²) in [6.07, 6.45) is 1.07. The zero-order chi connectivity index (χ0) is 24.6. The van der Waals surface area contributed by atoms with Crippen LogP contribution in [0.5, 0.6) is 0 Å². The van der Waals surface area contributed by atoms with Crippen molar-refractivity contribution >= 4 is 23.9 Å². The Hall–Kier alpha value is -3.38. The molecule has 12 nitrogen and oxygen atoms in total. The first-order valence-electron chi connectivity index (χ1n) is 10.7. The van der Waals surface area contributed by atoms with Crippen LogP contribution in [-0.4, -0.2) is 53.0 Å².